The molecule has 2 aromatic rings. The average molecular weight is 296 g/mol. The Morgan fingerprint density at radius 3 is 2.70 bits per heavy atom. The molecule has 0 aliphatic heterocycles. The van der Waals surface area contributed by atoms with E-state index < -0.39 is 0 Å². The molecule has 1 unspecified atom stereocenters. The summed E-state index contributed by atoms with van der Waals surface area (Å²) in [5, 5.41) is 4.05. The van der Waals surface area contributed by atoms with Gasteiger partial charge in [0.05, 0.1) is 6.54 Å². The maximum atomic E-state index is 11.7. The highest BCUT2D eigenvalue weighted by molar-refractivity contribution is 5.85. The monoisotopic (exact) mass is 295 g/mol. The molecule has 0 fully saturated rings. The lowest BCUT2D eigenvalue weighted by Crippen LogP contribution is -2.17. The Hall–Kier alpha value is -1.88. The van der Waals surface area contributed by atoms with Crippen LogP contribution in [-0.4, -0.2) is 20.7 Å². The lowest BCUT2D eigenvalue weighted by atomic mass is 10.1. The maximum Gasteiger partial charge on any atom is 0.306 e. The van der Waals surface area contributed by atoms with Crippen LogP contribution in [0.5, 0.6) is 0 Å². The van der Waals surface area contributed by atoms with Gasteiger partial charge in [0.15, 0.2) is 0 Å². The fourth-order valence-electron chi connectivity index (χ4n) is 1.80. The van der Waals surface area contributed by atoms with Gasteiger partial charge in [-0.2, -0.15) is 5.10 Å². The highest BCUT2D eigenvalue weighted by Crippen LogP contribution is 2.20. The molecule has 0 spiro atoms. The summed E-state index contributed by atoms with van der Waals surface area (Å²) in [6.07, 6.45) is 3.96. The summed E-state index contributed by atoms with van der Waals surface area (Å²) in [5.74, 6) is -0.184. The molecule has 1 aromatic carbocycles. The third kappa shape index (κ3) is 4.66. The van der Waals surface area contributed by atoms with Crippen LogP contribution < -0.4 is 0 Å². The van der Waals surface area contributed by atoms with Crippen LogP contribution in [0.4, 0.5) is 0 Å². The van der Waals surface area contributed by atoms with Gasteiger partial charge in [-0.25, -0.2) is 9.67 Å². The van der Waals surface area contributed by atoms with Gasteiger partial charge in [-0.15, -0.1) is 12.4 Å². The number of nitrogens with zero attached hydrogens (tertiary/aromatic N) is 3. The van der Waals surface area contributed by atoms with Crippen LogP contribution in [0.15, 0.2) is 43.0 Å². The van der Waals surface area contributed by atoms with Gasteiger partial charge in [0.1, 0.15) is 18.8 Å². The summed E-state index contributed by atoms with van der Waals surface area (Å²) in [7, 11) is 0. The Morgan fingerprint density at radius 1 is 1.35 bits per heavy atom. The molecule has 1 atom stereocenters. The molecule has 108 valence electrons. The lowest BCUT2D eigenvalue weighted by Gasteiger charge is -2.18. The molecule has 0 saturated carbocycles. The van der Waals surface area contributed by atoms with Gasteiger partial charge >= 0.3 is 5.97 Å². The van der Waals surface area contributed by atoms with Crippen molar-refractivity contribution in [2.45, 2.75) is 32.4 Å². The normalized spacial score (nSPS) is 11.4. The molecule has 6 heteroatoms. The van der Waals surface area contributed by atoms with Crippen LogP contribution in [0.1, 0.15) is 31.4 Å². The molecule has 0 amide bonds. The number of carbonyl (C=O) groups excluding carboxylic acids is 1. The lowest BCUT2D eigenvalue weighted by molar-refractivity contribution is -0.150. The number of hydrogen-bond acceptors (Lipinski definition) is 4. The number of aromatic nitrogens is 3. The van der Waals surface area contributed by atoms with Crippen molar-refractivity contribution < 1.29 is 9.53 Å². The molecule has 1 heterocycles. The Morgan fingerprint density at radius 2 is 2.10 bits per heavy atom. The summed E-state index contributed by atoms with van der Waals surface area (Å²) in [6.45, 7) is 2.43. The number of ether oxygens (including phenoxy) is 1. The first-order valence-electron chi connectivity index (χ1n) is 6.36. The second-order valence-electron chi connectivity index (χ2n) is 4.26. The standard InChI is InChI=1S/C14H17N3O2.ClH/c1-2-6-14(18)19-13(9-17-11-15-10-16-17)12-7-4-3-5-8-12;/h3-5,7-8,10-11,13H,2,6,9H2,1H3;1H. The van der Waals surface area contributed by atoms with Crippen molar-refractivity contribution in [1.82, 2.24) is 14.8 Å². The van der Waals surface area contributed by atoms with E-state index in [2.05, 4.69) is 10.1 Å². The van der Waals surface area contributed by atoms with Crippen molar-refractivity contribution in [3.63, 3.8) is 0 Å². The third-order valence-electron chi connectivity index (χ3n) is 2.72. The minimum Gasteiger partial charge on any atom is -0.455 e. The van der Waals surface area contributed by atoms with E-state index in [1.54, 1.807) is 11.0 Å². The summed E-state index contributed by atoms with van der Waals surface area (Å²) in [4.78, 5) is 15.6. The largest absolute Gasteiger partial charge is 0.455 e. The molecular formula is C14H18ClN3O2. The molecule has 5 nitrogen and oxygen atoms in total. The second kappa shape index (κ2) is 8.32. The van der Waals surface area contributed by atoms with Crippen LogP contribution in [0.2, 0.25) is 0 Å². The minimum atomic E-state index is -0.332. The Bertz CT molecular complexity index is 502. The first-order chi connectivity index (χ1) is 9.29. The number of esters is 1. The average Bonchev–Trinajstić information content (AvgIpc) is 2.92. The van der Waals surface area contributed by atoms with Gasteiger partial charge in [0.25, 0.3) is 0 Å². The molecule has 0 bridgehead atoms. The van der Waals surface area contributed by atoms with Crippen LogP contribution >= 0.6 is 12.4 Å². The van der Waals surface area contributed by atoms with Gasteiger partial charge in [0.2, 0.25) is 0 Å². The van der Waals surface area contributed by atoms with E-state index in [4.69, 9.17) is 4.74 Å². The zero-order valence-electron chi connectivity index (χ0n) is 11.3. The van der Waals surface area contributed by atoms with Crippen LogP contribution in [0.25, 0.3) is 0 Å². The summed E-state index contributed by atoms with van der Waals surface area (Å²) < 4.78 is 7.19. The summed E-state index contributed by atoms with van der Waals surface area (Å²) in [5.41, 5.74) is 0.961. The van der Waals surface area contributed by atoms with Crippen LogP contribution in [0, 0.1) is 0 Å². The van der Waals surface area contributed by atoms with E-state index >= 15 is 0 Å². The zero-order chi connectivity index (χ0) is 13.5. The van der Waals surface area contributed by atoms with E-state index in [1.807, 2.05) is 37.3 Å². The smallest absolute Gasteiger partial charge is 0.306 e. The van der Waals surface area contributed by atoms with Gasteiger partial charge in [-0.3, -0.25) is 4.79 Å². The van der Waals surface area contributed by atoms with Gasteiger partial charge in [0, 0.05) is 6.42 Å². The number of halogens is 1. The quantitative estimate of drug-likeness (QED) is 0.769. The molecule has 0 aliphatic carbocycles. The van der Waals surface area contributed by atoms with E-state index in [-0.39, 0.29) is 24.5 Å². The fourth-order valence-corrected chi connectivity index (χ4v) is 1.80. The van der Waals surface area contributed by atoms with Crippen molar-refractivity contribution in [2.75, 3.05) is 0 Å². The van der Waals surface area contributed by atoms with Crippen molar-refractivity contribution in [3.05, 3.63) is 48.5 Å². The predicted octanol–water partition coefficient (Wildman–Crippen LogP) is 2.78. The number of benzene rings is 1. The first kappa shape index (κ1) is 16.2. The highest BCUT2D eigenvalue weighted by atomic mass is 35.5. The topological polar surface area (TPSA) is 57.0 Å². The molecular weight excluding hydrogens is 278 g/mol. The summed E-state index contributed by atoms with van der Waals surface area (Å²) >= 11 is 0. The number of carbonyl (C=O) groups is 1. The molecule has 0 aliphatic rings. The maximum absolute atomic E-state index is 11.7. The van der Waals surface area contributed by atoms with E-state index in [9.17, 15) is 4.79 Å². The molecule has 0 radical (unpaired) electrons. The first-order valence-corrected chi connectivity index (χ1v) is 6.36. The molecule has 2 rings (SSSR count). The van der Waals surface area contributed by atoms with Crippen molar-refractivity contribution >= 4 is 18.4 Å². The zero-order valence-corrected chi connectivity index (χ0v) is 12.1. The Kier molecular flexibility index (Phi) is 6.73. The SMILES string of the molecule is CCCC(=O)OC(Cn1cncn1)c1ccccc1.Cl. The van der Waals surface area contributed by atoms with Crippen molar-refractivity contribution in [2.24, 2.45) is 0 Å². The summed E-state index contributed by atoms with van der Waals surface area (Å²) in [6, 6.07) is 9.68. The highest BCUT2D eigenvalue weighted by Gasteiger charge is 2.17. The van der Waals surface area contributed by atoms with Crippen LogP contribution in [0.3, 0.4) is 0 Å². The molecule has 20 heavy (non-hydrogen) atoms. The Balaban J connectivity index is 0.00000200. The van der Waals surface area contributed by atoms with E-state index in [0.717, 1.165) is 12.0 Å². The molecule has 0 N–H and O–H groups in total. The predicted molar refractivity (Wildman–Crippen MR) is 77.5 cm³/mol. The van der Waals surface area contributed by atoms with Gasteiger partial charge in [-0.05, 0) is 12.0 Å². The Labute approximate surface area is 124 Å². The van der Waals surface area contributed by atoms with E-state index in [0.29, 0.717) is 13.0 Å². The third-order valence-corrected chi connectivity index (χ3v) is 2.72. The van der Waals surface area contributed by atoms with Gasteiger partial charge in [-0.1, -0.05) is 37.3 Å². The van der Waals surface area contributed by atoms with E-state index in [1.165, 1.54) is 6.33 Å². The van der Waals surface area contributed by atoms with Gasteiger partial charge < -0.3 is 4.74 Å². The second-order valence-corrected chi connectivity index (χ2v) is 4.26. The molecule has 1 aromatic heterocycles. The fraction of sp³-hybridized carbons (Fsp3) is 0.357. The minimum absolute atomic E-state index is 0. The van der Waals surface area contributed by atoms with Crippen molar-refractivity contribution in [3.8, 4) is 0 Å². The van der Waals surface area contributed by atoms with Crippen molar-refractivity contribution in [1.29, 1.82) is 0 Å². The number of hydrogen-bond donors (Lipinski definition) is 0. The molecule has 0 saturated heterocycles. The number of rotatable bonds is 6. The van der Waals surface area contributed by atoms with Crippen LogP contribution in [-0.2, 0) is 16.1 Å².